The molecule has 1 aliphatic rings. The summed E-state index contributed by atoms with van der Waals surface area (Å²) in [6.07, 6.45) is 1.15. The molecule has 2 aromatic rings. The Kier molecular flexibility index (Phi) is 6.05. The molecule has 2 aromatic carbocycles. The molecule has 1 amide bonds. The maximum Gasteiger partial charge on any atom is 0.240 e. The van der Waals surface area contributed by atoms with Gasteiger partial charge in [0, 0.05) is 25.2 Å². The first-order chi connectivity index (χ1) is 13.3. The third kappa shape index (κ3) is 4.54. The molecule has 1 N–H and O–H groups in total. The standard InChI is InChI=1S/C21H26N2O4S/c1-4-21(24)23-11-10-17-13-19(8-9-20(17)23)28(25,26)22-14-16-6-5-7-18(12-16)27-15(2)3/h5-9,12-13,15,22H,4,10-11,14H2,1-3H3. The van der Waals surface area contributed by atoms with Crippen molar-refractivity contribution in [1.82, 2.24) is 4.72 Å². The lowest BCUT2D eigenvalue weighted by Crippen LogP contribution is -2.27. The quantitative estimate of drug-likeness (QED) is 0.771. The average molecular weight is 403 g/mol. The molecule has 1 heterocycles. The molecule has 6 nitrogen and oxygen atoms in total. The lowest BCUT2D eigenvalue weighted by Gasteiger charge is -2.16. The van der Waals surface area contributed by atoms with Gasteiger partial charge in [-0.2, -0.15) is 0 Å². The van der Waals surface area contributed by atoms with Gasteiger partial charge in [-0.25, -0.2) is 13.1 Å². The molecular weight excluding hydrogens is 376 g/mol. The number of benzene rings is 2. The van der Waals surface area contributed by atoms with Crippen LogP contribution in [0.4, 0.5) is 5.69 Å². The van der Waals surface area contributed by atoms with E-state index in [2.05, 4.69) is 4.72 Å². The van der Waals surface area contributed by atoms with Crippen molar-refractivity contribution in [1.29, 1.82) is 0 Å². The molecule has 0 atom stereocenters. The first-order valence-corrected chi connectivity index (χ1v) is 11.0. The Balaban J connectivity index is 1.73. The average Bonchev–Trinajstić information content (AvgIpc) is 3.09. The number of ether oxygens (including phenoxy) is 1. The molecule has 150 valence electrons. The largest absolute Gasteiger partial charge is 0.491 e. The van der Waals surface area contributed by atoms with Crippen molar-refractivity contribution in [2.75, 3.05) is 11.4 Å². The van der Waals surface area contributed by atoms with Crippen LogP contribution in [0.2, 0.25) is 0 Å². The Morgan fingerprint density at radius 3 is 2.71 bits per heavy atom. The number of sulfonamides is 1. The van der Waals surface area contributed by atoms with Crippen LogP contribution in [0.5, 0.6) is 5.75 Å². The van der Waals surface area contributed by atoms with Crippen LogP contribution in [0.15, 0.2) is 47.4 Å². The summed E-state index contributed by atoms with van der Waals surface area (Å²) in [7, 11) is -3.65. The van der Waals surface area contributed by atoms with Gasteiger partial charge in [0.1, 0.15) is 5.75 Å². The highest BCUT2D eigenvalue weighted by atomic mass is 32.2. The molecule has 0 saturated heterocycles. The second kappa shape index (κ2) is 8.32. The summed E-state index contributed by atoms with van der Waals surface area (Å²) in [5.41, 5.74) is 2.52. The highest BCUT2D eigenvalue weighted by Crippen LogP contribution is 2.30. The van der Waals surface area contributed by atoms with E-state index >= 15 is 0 Å². The fraction of sp³-hybridized carbons (Fsp3) is 0.381. The number of rotatable bonds is 7. The van der Waals surface area contributed by atoms with Gasteiger partial charge in [0.15, 0.2) is 0 Å². The van der Waals surface area contributed by atoms with Crippen LogP contribution in [0, 0.1) is 0 Å². The predicted molar refractivity (Wildman–Crippen MR) is 109 cm³/mol. The number of hydrogen-bond donors (Lipinski definition) is 1. The molecule has 0 saturated carbocycles. The van der Waals surface area contributed by atoms with Gasteiger partial charge in [-0.3, -0.25) is 4.79 Å². The third-order valence-corrected chi connectivity index (χ3v) is 6.00. The Morgan fingerprint density at radius 1 is 1.21 bits per heavy atom. The summed E-state index contributed by atoms with van der Waals surface area (Å²) in [5, 5.41) is 0. The smallest absolute Gasteiger partial charge is 0.240 e. The number of nitrogens with zero attached hydrogens (tertiary/aromatic N) is 1. The first kappa shape index (κ1) is 20.4. The number of anilines is 1. The molecule has 0 aromatic heterocycles. The highest BCUT2D eigenvalue weighted by Gasteiger charge is 2.25. The Morgan fingerprint density at radius 2 is 2.00 bits per heavy atom. The maximum absolute atomic E-state index is 12.7. The summed E-state index contributed by atoms with van der Waals surface area (Å²) in [4.78, 5) is 13.9. The minimum Gasteiger partial charge on any atom is -0.491 e. The van der Waals surface area contributed by atoms with E-state index in [0.29, 0.717) is 25.1 Å². The summed E-state index contributed by atoms with van der Waals surface area (Å²) >= 11 is 0. The molecule has 1 aliphatic heterocycles. The molecule has 0 unspecified atom stereocenters. The van der Waals surface area contributed by atoms with E-state index in [-0.39, 0.29) is 23.5 Å². The van der Waals surface area contributed by atoms with Crippen LogP contribution in [0.25, 0.3) is 0 Å². The molecular formula is C21H26N2O4S. The number of nitrogens with one attached hydrogen (secondary N) is 1. The molecule has 0 aliphatic carbocycles. The van der Waals surface area contributed by atoms with E-state index in [1.165, 1.54) is 0 Å². The van der Waals surface area contributed by atoms with Gasteiger partial charge in [-0.05, 0) is 61.7 Å². The molecule has 7 heteroatoms. The van der Waals surface area contributed by atoms with Gasteiger partial charge < -0.3 is 9.64 Å². The Hall–Kier alpha value is -2.38. The van der Waals surface area contributed by atoms with Crippen LogP contribution in [0.1, 0.15) is 38.3 Å². The van der Waals surface area contributed by atoms with E-state index in [1.807, 2.05) is 45.0 Å². The SMILES string of the molecule is CCC(=O)N1CCc2cc(S(=O)(=O)NCc3cccc(OC(C)C)c3)ccc21. The topological polar surface area (TPSA) is 75.7 Å². The fourth-order valence-corrected chi connectivity index (χ4v) is 4.33. The van der Waals surface area contributed by atoms with Crippen molar-refractivity contribution in [3.8, 4) is 5.75 Å². The zero-order chi connectivity index (χ0) is 20.3. The van der Waals surface area contributed by atoms with Gasteiger partial charge in [-0.15, -0.1) is 0 Å². The van der Waals surface area contributed by atoms with E-state index < -0.39 is 10.0 Å². The van der Waals surface area contributed by atoms with Gasteiger partial charge >= 0.3 is 0 Å². The van der Waals surface area contributed by atoms with Gasteiger partial charge in [0.2, 0.25) is 15.9 Å². The molecule has 0 bridgehead atoms. The highest BCUT2D eigenvalue weighted by molar-refractivity contribution is 7.89. The summed E-state index contributed by atoms with van der Waals surface area (Å²) < 4.78 is 33.7. The summed E-state index contributed by atoms with van der Waals surface area (Å²) in [6, 6.07) is 12.3. The second-order valence-corrected chi connectivity index (χ2v) is 8.84. The van der Waals surface area contributed by atoms with Crippen LogP contribution in [0.3, 0.4) is 0 Å². The first-order valence-electron chi connectivity index (χ1n) is 9.48. The van der Waals surface area contributed by atoms with E-state index in [1.54, 1.807) is 23.1 Å². The summed E-state index contributed by atoms with van der Waals surface area (Å²) in [5.74, 6) is 0.765. The van der Waals surface area contributed by atoms with Crippen molar-refractivity contribution >= 4 is 21.6 Å². The van der Waals surface area contributed by atoms with E-state index in [0.717, 1.165) is 16.8 Å². The van der Waals surface area contributed by atoms with Crippen LogP contribution in [-0.4, -0.2) is 27.0 Å². The minimum absolute atomic E-state index is 0.0518. The Bertz CT molecular complexity index is 970. The lowest BCUT2D eigenvalue weighted by atomic mass is 10.2. The minimum atomic E-state index is -3.65. The van der Waals surface area contributed by atoms with Crippen molar-refractivity contribution in [3.05, 3.63) is 53.6 Å². The van der Waals surface area contributed by atoms with Crippen LogP contribution < -0.4 is 14.4 Å². The number of fused-ring (bicyclic) bond motifs is 1. The van der Waals surface area contributed by atoms with Crippen molar-refractivity contribution in [3.63, 3.8) is 0 Å². The molecule has 0 spiro atoms. The zero-order valence-corrected chi connectivity index (χ0v) is 17.3. The van der Waals surface area contributed by atoms with Crippen molar-refractivity contribution in [2.45, 2.75) is 51.2 Å². The van der Waals surface area contributed by atoms with Gasteiger partial charge in [-0.1, -0.05) is 19.1 Å². The molecule has 0 fully saturated rings. The van der Waals surface area contributed by atoms with Crippen molar-refractivity contribution in [2.24, 2.45) is 0 Å². The number of carbonyl (C=O) groups excluding carboxylic acids is 1. The predicted octanol–water partition coefficient (Wildman–Crippen LogP) is 3.25. The van der Waals surface area contributed by atoms with E-state index in [4.69, 9.17) is 4.74 Å². The number of amides is 1. The monoisotopic (exact) mass is 402 g/mol. The maximum atomic E-state index is 12.7. The van der Waals surface area contributed by atoms with Crippen molar-refractivity contribution < 1.29 is 17.9 Å². The zero-order valence-electron chi connectivity index (χ0n) is 16.4. The second-order valence-electron chi connectivity index (χ2n) is 7.08. The third-order valence-electron chi connectivity index (χ3n) is 4.60. The number of carbonyl (C=O) groups is 1. The summed E-state index contributed by atoms with van der Waals surface area (Å²) in [6.45, 7) is 6.48. The number of hydrogen-bond acceptors (Lipinski definition) is 4. The van der Waals surface area contributed by atoms with Gasteiger partial charge in [0.25, 0.3) is 0 Å². The normalized spacial score (nSPS) is 13.6. The molecule has 0 radical (unpaired) electrons. The lowest BCUT2D eigenvalue weighted by molar-refractivity contribution is -0.118. The van der Waals surface area contributed by atoms with Gasteiger partial charge in [0.05, 0.1) is 11.0 Å². The molecule has 28 heavy (non-hydrogen) atoms. The van der Waals surface area contributed by atoms with E-state index in [9.17, 15) is 13.2 Å². The molecule has 3 rings (SSSR count). The fourth-order valence-electron chi connectivity index (χ4n) is 3.26. The Labute approximate surface area is 166 Å². The van der Waals surface area contributed by atoms with Crippen LogP contribution >= 0.6 is 0 Å². The van der Waals surface area contributed by atoms with Crippen LogP contribution in [-0.2, 0) is 27.8 Å².